The number of aromatic nitrogens is 1. The van der Waals surface area contributed by atoms with Crippen molar-refractivity contribution in [2.45, 2.75) is 38.9 Å². The summed E-state index contributed by atoms with van der Waals surface area (Å²) in [6.07, 6.45) is 2.75. The Balaban J connectivity index is 1.43. The van der Waals surface area contributed by atoms with Crippen LogP contribution in [0.3, 0.4) is 0 Å². The number of nitrogens with zero attached hydrogens (tertiary/aromatic N) is 2. The second-order valence-electron chi connectivity index (χ2n) is 7.74. The first kappa shape index (κ1) is 15.4. The zero-order chi connectivity index (χ0) is 16.8. The first-order valence-corrected chi connectivity index (χ1v) is 9.79. The van der Waals surface area contributed by atoms with Crippen LogP contribution in [0.25, 0.3) is 21.8 Å². The number of para-hydroxylation sites is 1. The molecular weight excluding hydrogens is 306 g/mol. The molecule has 0 aliphatic carbocycles. The summed E-state index contributed by atoms with van der Waals surface area (Å²) in [5.74, 6) is 0.885. The van der Waals surface area contributed by atoms with Gasteiger partial charge in [0.2, 0.25) is 0 Å². The summed E-state index contributed by atoms with van der Waals surface area (Å²) >= 11 is 0. The summed E-state index contributed by atoms with van der Waals surface area (Å²) < 4.78 is 2.43. The molecule has 1 atom stereocenters. The van der Waals surface area contributed by atoms with Crippen molar-refractivity contribution in [1.29, 1.82) is 0 Å². The van der Waals surface area contributed by atoms with Crippen molar-refractivity contribution in [1.82, 2.24) is 14.8 Å². The number of aryl methyl sites for hydroxylation is 1. The third-order valence-electron chi connectivity index (χ3n) is 6.38. The van der Waals surface area contributed by atoms with Crippen molar-refractivity contribution in [3.05, 3.63) is 48.0 Å². The maximum absolute atomic E-state index is 3.85. The van der Waals surface area contributed by atoms with Gasteiger partial charge >= 0.3 is 0 Å². The molecule has 0 spiro atoms. The van der Waals surface area contributed by atoms with Gasteiger partial charge in [0.05, 0.1) is 0 Å². The number of hydrogen-bond donors (Lipinski definition) is 1. The van der Waals surface area contributed by atoms with E-state index in [9.17, 15) is 0 Å². The maximum atomic E-state index is 3.85. The molecule has 4 heterocycles. The Labute approximate surface area is 149 Å². The first-order valence-electron chi connectivity index (χ1n) is 9.79. The monoisotopic (exact) mass is 333 g/mol. The number of hydrogen-bond acceptors (Lipinski definition) is 2. The van der Waals surface area contributed by atoms with Gasteiger partial charge in [0, 0.05) is 47.5 Å². The number of benzene rings is 2. The van der Waals surface area contributed by atoms with Crippen LogP contribution < -0.4 is 5.32 Å². The fraction of sp³-hybridized carbons (Fsp3) is 0.455. The fourth-order valence-electron chi connectivity index (χ4n) is 5.00. The minimum absolute atomic E-state index is 0.676. The summed E-state index contributed by atoms with van der Waals surface area (Å²) in [4.78, 5) is 2.62. The van der Waals surface area contributed by atoms with E-state index >= 15 is 0 Å². The molecule has 0 radical (unpaired) electrons. The van der Waals surface area contributed by atoms with E-state index in [1.807, 2.05) is 0 Å². The Bertz CT molecular complexity index is 902. The van der Waals surface area contributed by atoms with Gasteiger partial charge in [-0.15, -0.1) is 0 Å². The van der Waals surface area contributed by atoms with Crippen molar-refractivity contribution in [3.63, 3.8) is 0 Å². The van der Waals surface area contributed by atoms with Gasteiger partial charge in [-0.3, -0.25) is 0 Å². The van der Waals surface area contributed by atoms with Crippen LogP contribution in [0.5, 0.6) is 0 Å². The van der Waals surface area contributed by atoms with E-state index in [0.717, 1.165) is 19.0 Å². The molecule has 6 rings (SSSR count). The van der Waals surface area contributed by atoms with Crippen molar-refractivity contribution < 1.29 is 0 Å². The maximum Gasteiger partial charge on any atom is 0.0491 e. The fourth-order valence-corrected chi connectivity index (χ4v) is 5.00. The van der Waals surface area contributed by atoms with E-state index < -0.39 is 0 Å². The molecule has 2 aromatic carbocycles. The van der Waals surface area contributed by atoms with Gasteiger partial charge in [-0.2, -0.15) is 0 Å². The minimum atomic E-state index is 0.676. The van der Waals surface area contributed by atoms with Crippen LogP contribution in [0.1, 0.15) is 25.3 Å². The molecule has 2 bridgehead atoms. The lowest BCUT2D eigenvalue weighted by atomic mass is 9.84. The number of piperidine rings is 3. The predicted molar refractivity (Wildman–Crippen MR) is 105 cm³/mol. The highest BCUT2D eigenvalue weighted by molar-refractivity contribution is 6.08. The lowest BCUT2D eigenvalue weighted by Gasteiger charge is -2.45. The lowest BCUT2D eigenvalue weighted by molar-refractivity contribution is 0.0720. The summed E-state index contributed by atoms with van der Waals surface area (Å²) in [7, 11) is 0. The predicted octanol–water partition coefficient (Wildman–Crippen LogP) is 4.00. The van der Waals surface area contributed by atoms with Crippen molar-refractivity contribution in [2.24, 2.45) is 5.92 Å². The molecule has 3 nitrogen and oxygen atoms in total. The molecular formula is C22H27N3. The van der Waals surface area contributed by atoms with Crippen LogP contribution in [-0.4, -0.2) is 35.1 Å². The largest absolute Gasteiger partial charge is 0.341 e. The summed E-state index contributed by atoms with van der Waals surface area (Å²) in [6, 6.07) is 16.5. The highest BCUT2D eigenvalue weighted by Gasteiger charge is 2.33. The number of fused-ring (bicyclic) bond motifs is 6. The van der Waals surface area contributed by atoms with Crippen LogP contribution in [0, 0.1) is 5.92 Å². The third-order valence-corrected chi connectivity index (χ3v) is 6.38. The highest BCUT2D eigenvalue weighted by atomic mass is 15.2. The Morgan fingerprint density at radius 2 is 1.80 bits per heavy atom. The molecule has 3 aromatic rings. The zero-order valence-corrected chi connectivity index (χ0v) is 15.0. The molecule has 1 unspecified atom stereocenters. The Kier molecular flexibility index (Phi) is 3.79. The average molecular weight is 333 g/mol. The van der Waals surface area contributed by atoms with Crippen molar-refractivity contribution >= 4 is 21.8 Å². The molecule has 0 saturated carbocycles. The second kappa shape index (κ2) is 6.15. The van der Waals surface area contributed by atoms with Gasteiger partial charge < -0.3 is 14.8 Å². The molecule has 3 aliphatic heterocycles. The quantitative estimate of drug-likeness (QED) is 0.779. The molecule has 3 aliphatic rings. The first-order chi connectivity index (χ1) is 12.3. The number of nitrogens with one attached hydrogen (secondary N) is 1. The Morgan fingerprint density at radius 1 is 1.00 bits per heavy atom. The lowest BCUT2D eigenvalue weighted by Crippen LogP contribution is -2.55. The normalized spacial score (nSPS) is 25.9. The topological polar surface area (TPSA) is 20.2 Å². The van der Waals surface area contributed by atoms with Gasteiger partial charge in [0.25, 0.3) is 0 Å². The van der Waals surface area contributed by atoms with Gasteiger partial charge in [0.1, 0.15) is 0 Å². The summed E-state index contributed by atoms with van der Waals surface area (Å²) in [5, 5.41) is 6.63. The summed E-state index contributed by atoms with van der Waals surface area (Å²) in [6.45, 7) is 8.09. The summed E-state index contributed by atoms with van der Waals surface area (Å²) in [5.41, 5.74) is 4.11. The molecule has 130 valence electrons. The van der Waals surface area contributed by atoms with Crippen LogP contribution in [-0.2, 0) is 13.1 Å². The highest BCUT2D eigenvalue weighted by Crippen LogP contribution is 2.30. The van der Waals surface area contributed by atoms with Crippen LogP contribution in [0.2, 0.25) is 0 Å². The molecule has 25 heavy (non-hydrogen) atoms. The van der Waals surface area contributed by atoms with Crippen molar-refractivity contribution in [2.75, 3.05) is 19.6 Å². The van der Waals surface area contributed by atoms with E-state index in [4.69, 9.17) is 0 Å². The minimum Gasteiger partial charge on any atom is -0.341 e. The molecule has 0 amide bonds. The van der Waals surface area contributed by atoms with E-state index in [2.05, 4.69) is 64.2 Å². The average Bonchev–Trinajstić information content (AvgIpc) is 3.00. The van der Waals surface area contributed by atoms with E-state index in [0.29, 0.717) is 6.04 Å². The van der Waals surface area contributed by atoms with Crippen LogP contribution in [0.4, 0.5) is 0 Å². The molecule has 3 saturated heterocycles. The van der Waals surface area contributed by atoms with Crippen molar-refractivity contribution in [3.8, 4) is 0 Å². The molecule has 3 heteroatoms. The third kappa shape index (κ3) is 2.57. The number of rotatable bonds is 4. The standard InChI is InChI=1S/C22H27N3/c1-2-25-21-6-4-3-5-18(21)19-13-16(7-8-22(19)25)14-23-20-15-24-11-9-17(20)10-12-24/h3-8,13,17,20,23H,2,9-12,14-15H2,1H3. The zero-order valence-electron chi connectivity index (χ0n) is 15.0. The van der Waals surface area contributed by atoms with E-state index in [1.54, 1.807) is 0 Å². The van der Waals surface area contributed by atoms with E-state index in [-0.39, 0.29) is 0 Å². The molecule has 1 N–H and O–H groups in total. The van der Waals surface area contributed by atoms with Gasteiger partial charge in [-0.25, -0.2) is 0 Å². The molecule has 1 aromatic heterocycles. The smallest absolute Gasteiger partial charge is 0.0491 e. The Morgan fingerprint density at radius 3 is 2.56 bits per heavy atom. The SMILES string of the molecule is CCn1c2ccccc2c2cc(CNC3CN4CCC3CC4)ccc21. The van der Waals surface area contributed by atoms with Crippen LogP contribution >= 0.6 is 0 Å². The van der Waals surface area contributed by atoms with Gasteiger partial charge in [-0.1, -0.05) is 24.3 Å². The Hall–Kier alpha value is -1.84. The van der Waals surface area contributed by atoms with Gasteiger partial charge in [-0.05, 0) is 62.5 Å². The van der Waals surface area contributed by atoms with E-state index in [1.165, 1.54) is 59.8 Å². The van der Waals surface area contributed by atoms with Crippen LogP contribution in [0.15, 0.2) is 42.5 Å². The second-order valence-corrected chi connectivity index (χ2v) is 7.74. The van der Waals surface area contributed by atoms with Gasteiger partial charge in [0.15, 0.2) is 0 Å². The molecule has 3 fully saturated rings.